The minimum Gasteiger partial charge on any atom is -0.497 e. The van der Waals surface area contributed by atoms with Crippen LogP contribution in [0.5, 0.6) is 11.5 Å². The van der Waals surface area contributed by atoms with Gasteiger partial charge in [0.2, 0.25) is 11.8 Å². The molecule has 0 aliphatic rings. The van der Waals surface area contributed by atoms with Crippen molar-refractivity contribution in [2.24, 2.45) is 0 Å². The average Bonchev–Trinajstić information content (AvgIpc) is 2.95. The number of rotatable bonds is 12. The van der Waals surface area contributed by atoms with Gasteiger partial charge in [0.25, 0.3) is 10.0 Å². The van der Waals surface area contributed by atoms with Gasteiger partial charge in [-0.15, -0.1) is 0 Å². The van der Waals surface area contributed by atoms with Crippen molar-refractivity contribution < 1.29 is 27.5 Å². The molecule has 1 N–H and O–H groups in total. The van der Waals surface area contributed by atoms with Crippen LogP contribution < -0.4 is 19.1 Å². The molecule has 9 nitrogen and oxygen atoms in total. The number of hydrogen-bond donors (Lipinski definition) is 1. The number of nitrogens with one attached hydrogen (secondary N) is 1. The van der Waals surface area contributed by atoms with E-state index in [0.717, 1.165) is 9.87 Å². The molecule has 202 valence electrons. The second kappa shape index (κ2) is 13.0. The maximum Gasteiger partial charge on any atom is 0.264 e. The molecule has 0 spiro atoms. The van der Waals surface area contributed by atoms with Crippen LogP contribution in [0.2, 0.25) is 0 Å². The van der Waals surface area contributed by atoms with Crippen LogP contribution >= 0.6 is 0 Å². The Labute approximate surface area is 224 Å². The molecule has 0 aliphatic carbocycles. The van der Waals surface area contributed by atoms with Gasteiger partial charge in [0.1, 0.15) is 24.1 Å². The van der Waals surface area contributed by atoms with E-state index in [1.807, 2.05) is 0 Å². The zero-order valence-electron chi connectivity index (χ0n) is 22.0. The molecule has 38 heavy (non-hydrogen) atoms. The molecule has 3 aromatic rings. The summed E-state index contributed by atoms with van der Waals surface area (Å²) >= 11 is 0. The number of methoxy groups -OCH3 is 2. The van der Waals surface area contributed by atoms with Crippen LogP contribution in [0, 0.1) is 0 Å². The SMILES string of the molecule is CCNC(=O)C(C)N(Cc1ccc(OC)cc1)C(=O)CN(c1ccccc1)S(=O)(=O)c1ccc(OC)cc1. The Hall–Kier alpha value is -4.05. The maximum absolute atomic E-state index is 13.8. The molecule has 0 heterocycles. The van der Waals surface area contributed by atoms with E-state index >= 15 is 0 Å². The second-order valence-electron chi connectivity index (χ2n) is 8.46. The first-order valence-corrected chi connectivity index (χ1v) is 13.6. The molecule has 10 heteroatoms. The lowest BCUT2D eigenvalue weighted by Gasteiger charge is -2.32. The summed E-state index contributed by atoms with van der Waals surface area (Å²) in [5, 5.41) is 2.74. The summed E-state index contributed by atoms with van der Waals surface area (Å²) in [6.07, 6.45) is 0. The van der Waals surface area contributed by atoms with Crippen molar-refractivity contribution in [1.82, 2.24) is 10.2 Å². The molecule has 3 rings (SSSR count). The predicted octanol–water partition coefficient (Wildman–Crippen LogP) is 3.45. The summed E-state index contributed by atoms with van der Waals surface area (Å²) in [5.41, 5.74) is 1.09. The molecule has 0 radical (unpaired) electrons. The molecule has 0 aliphatic heterocycles. The van der Waals surface area contributed by atoms with E-state index in [9.17, 15) is 18.0 Å². The van der Waals surface area contributed by atoms with E-state index in [-0.39, 0.29) is 17.3 Å². The fourth-order valence-corrected chi connectivity index (χ4v) is 5.24. The quantitative estimate of drug-likeness (QED) is 0.378. The lowest BCUT2D eigenvalue weighted by molar-refractivity contribution is -0.139. The van der Waals surface area contributed by atoms with Gasteiger partial charge in [0.15, 0.2) is 0 Å². The molecule has 0 saturated carbocycles. The van der Waals surface area contributed by atoms with E-state index in [1.165, 1.54) is 24.1 Å². The topological polar surface area (TPSA) is 105 Å². The second-order valence-corrected chi connectivity index (χ2v) is 10.3. The molecule has 1 unspecified atom stereocenters. The van der Waals surface area contributed by atoms with Gasteiger partial charge in [0.05, 0.1) is 24.8 Å². The number of nitrogens with zero attached hydrogens (tertiary/aromatic N) is 2. The highest BCUT2D eigenvalue weighted by molar-refractivity contribution is 7.92. The third-order valence-corrected chi connectivity index (χ3v) is 7.79. The van der Waals surface area contributed by atoms with Crippen molar-refractivity contribution in [3.8, 4) is 11.5 Å². The Kier molecular flexibility index (Phi) is 9.72. The van der Waals surface area contributed by atoms with Gasteiger partial charge in [0, 0.05) is 13.1 Å². The first kappa shape index (κ1) is 28.5. The highest BCUT2D eigenvalue weighted by atomic mass is 32.2. The summed E-state index contributed by atoms with van der Waals surface area (Å²) in [7, 11) is -1.08. The van der Waals surface area contributed by atoms with Gasteiger partial charge in [-0.3, -0.25) is 13.9 Å². The number of benzene rings is 3. The number of hydrogen-bond acceptors (Lipinski definition) is 6. The van der Waals surface area contributed by atoms with E-state index in [2.05, 4.69) is 5.32 Å². The lowest BCUT2D eigenvalue weighted by Crippen LogP contribution is -2.51. The van der Waals surface area contributed by atoms with E-state index in [1.54, 1.807) is 87.7 Å². The monoisotopic (exact) mass is 539 g/mol. The average molecular weight is 540 g/mol. The Bertz CT molecular complexity index is 1310. The standard InChI is InChI=1S/C28H33N3O6S/c1-5-29-28(33)21(2)30(19-22-11-13-24(36-3)14-12-22)27(32)20-31(23-9-7-6-8-10-23)38(34,35)26-17-15-25(37-4)16-18-26/h6-18,21H,5,19-20H2,1-4H3,(H,29,33). The third kappa shape index (κ3) is 6.83. The molecule has 2 amide bonds. The molecule has 3 aromatic carbocycles. The van der Waals surface area contributed by atoms with Crippen molar-refractivity contribution in [1.29, 1.82) is 0 Å². The van der Waals surface area contributed by atoms with Crippen molar-refractivity contribution in [3.05, 3.63) is 84.4 Å². The Morgan fingerprint density at radius 3 is 1.95 bits per heavy atom. The molecular formula is C28H33N3O6S. The normalized spacial score (nSPS) is 11.8. The van der Waals surface area contributed by atoms with Crippen LogP contribution in [0.1, 0.15) is 19.4 Å². The minimum atomic E-state index is -4.13. The molecule has 0 fully saturated rings. The summed E-state index contributed by atoms with van der Waals surface area (Å²) in [4.78, 5) is 27.9. The van der Waals surface area contributed by atoms with Crippen LogP contribution in [0.3, 0.4) is 0 Å². The fraction of sp³-hybridized carbons (Fsp3) is 0.286. The van der Waals surface area contributed by atoms with Crippen molar-refractivity contribution in [2.45, 2.75) is 31.3 Å². The number of sulfonamides is 1. The number of carbonyl (C=O) groups excluding carboxylic acids is 2. The lowest BCUT2D eigenvalue weighted by atomic mass is 10.1. The highest BCUT2D eigenvalue weighted by Gasteiger charge is 2.32. The number of anilines is 1. The minimum absolute atomic E-state index is 0.00781. The van der Waals surface area contributed by atoms with Crippen molar-refractivity contribution in [3.63, 3.8) is 0 Å². The van der Waals surface area contributed by atoms with Crippen LogP contribution in [0.25, 0.3) is 0 Å². The summed E-state index contributed by atoms with van der Waals surface area (Å²) in [5.74, 6) is 0.302. The number of para-hydroxylation sites is 1. The smallest absolute Gasteiger partial charge is 0.264 e. The fourth-order valence-electron chi connectivity index (χ4n) is 3.83. The van der Waals surface area contributed by atoms with Crippen molar-refractivity contribution >= 4 is 27.5 Å². The van der Waals surface area contributed by atoms with Crippen LogP contribution in [-0.4, -0.2) is 58.5 Å². The molecule has 1 atom stereocenters. The van der Waals surface area contributed by atoms with Gasteiger partial charge >= 0.3 is 0 Å². The highest BCUT2D eigenvalue weighted by Crippen LogP contribution is 2.26. The van der Waals surface area contributed by atoms with Gasteiger partial charge in [-0.1, -0.05) is 30.3 Å². The third-order valence-electron chi connectivity index (χ3n) is 6.00. The van der Waals surface area contributed by atoms with E-state index in [4.69, 9.17) is 9.47 Å². The van der Waals surface area contributed by atoms with E-state index in [0.29, 0.717) is 23.7 Å². The predicted molar refractivity (Wildman–Crippen MR) is 146 cm³/mol. The Balaban J connectivity index is 1.99. The Morgan fingerprint density at radius 2 is 1.42 bits per heavy atom. The number of likely N-dealkylation sites (N-methyl/N-ethyl adjacent to an activating group) is 1. The summed E-state index contributed by atoms with van der Waals surface area (Å²) in [6, 6.07) is 20.6. The zero-order chi connectivity index (χ0) is 27.7. The number of carbonyl (C=O) groups is 2. The van der Waals surface area contributed by atoms with Gasteiger partial charge in [-0.05, 0) is 67.9 Å². The van der Waals surface area contributed by atoms with E-state index < -0.39 is 28.5 Å². The molecule has 0 saturated heterocycles. The summed E-state index contributed by atoms with van der Waals surface area (Å²) in [6.45, 7) is 3.41. The molecule has 0 bridgehead atoms. The van der Waals surface area contributed by atoms with Crippen LogP contribution in [0.4, 0.5) is 5.69 Å². The number of ether oxygens (including phenoxy) is 2. The molecule has 0 aromatic heterocycles. The van der Waals surface area contributed by atoms with Gasteiger partial charge in [-0.25, -0.2) is 8.42 Å². The van der Waals surface area contributed by atoms with Crippen molar-refractivity contribution in [2.75, 3.05) is 31.6 Å². The first-order valence-electron chi connectivity index (χ1n) is 12.1. The Morgan fingerprint density at radius 1 is 0.868 bits per heavy atom. The summed E-state index contributed by atoms with van der Waals surface area (Å²) < 4.78 is 38.9. The molecular weight excluding hydrogens is 506 g/mol. The largest absolute Gasteiger partial charge is 0.497 e. The first-order chi connectivity index (χ1) is 18.2. The number of amides is 2. The van der Waals surface area contributed by atoms with Crippen LogP contribution in [-0.2, 0) is 26.2 Å². The van der Waals surface area contributed by atoms with Gasteiger partial charge < -0.3 is 19.7 Å². The zero-order valence-corrected chi connectivity index (χ0v) is 22.8. The van der Waals surface area contributed by atoms with Crippen LogP contribution in [0.15, 0.2) is 83.8 Å². The van der Waals surface area contributed by atoms with Gasteiger partial charge in [-0.2, -0.15) is 0 Å². The maximum atomic E-state index is 13.8.